The summed E-state index contributed by atoms with van der Waals surface area (Å²) in [5, 5.41) is 4.05. The van der Waals surface area contributed by atoms with Crippen LogP contribution in [0.4, 0.5) is 14.3 Å². The molecule has 0 saturated carbocycles. The maximum atomic E-state index is 14.6. The van der Waals surface area contributed by atoms with Crippen LogP contribution in [0.3, 0.4) is 0 Å². The van der Waals surface area contributed by atoms with Crippen LogP contribution in [0.2, 0.25) is 0 Å². The van der Waals surface area contributed by atoms with Crippen molar-refractivity contribution in [3.63, 3.8) is 0 Å². The number of aromatic nitrogens is 1. The second-order valence-corrected chi connectivity index (χ2v) is 4.45. The number of hydrogen-bond acceptors (Lipinski definition) is 2. The summed E-state index contributed by atoms with van der Waals surface area (Å²) in [6.45, 7) is -2.23. The van der Waals surface area contributed by atoms with Gasteiger partial charge in [-0.1, -0.05) is 24.3 Å². The minimum atomic E-state index is -3.96. The normalized spacial score (nSPS) is 16.8. The van der Waals surface area contributed by atoms with Gasteiger partial charge < -0.3 is 18.0 Å². The van der Waals surface area contributed by atoms with Gasteiger partial charge in [0.15, 0.2) is 5.69 Å². The lowest BCUT2D eigenvalue weighted by atomic mass is 9.91. The van der Waals surface area contributed by atoms with Crippen LogP contribution in [0.5, 0.6) is 0 Å². The Bertz CT molecular complexity index is 643. The SMILES string of the molecule is CC1=NN(c2ccccc2)[B-](F)(F)[n+]2ccccc21. The third-order valence-corrected chi connectivity index (χ3v) is 3.17. The first-order valence-electron chi connectivity index (χ1n) is 6.03. The lowest BCUT2D eigenvalue weighted by Gasteiger charge is -2.34. The summed E-state index contributed by atoms with van der Waals surface area (Å²) >= 11 is 0. The van der Waals surface area contributed by atoms with Crippen LogP contribution >= 0.6 is 0 Å². The van der Waals surface area contributed by atoms with Crippen LogP contribution < -0.4 is 9.40 Å². The molecule has 0 N–H and O–H groups in total. The predicted octanol–water partition coefficient (Wildman–Crippen LogP) is 2.44. The Morgan fingerprint density at radius 1 is 1.05 bits per heavy atom. The van der Waals surface area contributed by atoms with Crippen molar-refractivity contribution in [1.29, 1.82) is 0 Å². The van der Waals surface area contributed by atoms with E-state index in [0.717, 1.165) is 9.40 Å². The van der Waals surface area contributed by atoms with Gasteiger partial charge in [0.25, 0.3) is 0 Å². The number of benzene rings is 1. The highest BCUT2D eigenvalue weighted by atomic mass is 19.2. The predicted molar refractivity (Wildman–Crippen MR) is 71.1 cm³/mol. The number of nitrogens with zero attached hydrogens (tertiary/aromatic N) is 3. The van der Waals surface area contributed by atoms with E-state index < -0.39 is 6.97 Å². The van der Waals surface area contributed by atoms with Gasteiger partial charge in [0.05, 0.1) is 0 Å². The fourth-order valence-corrected chi connectivity index (χ4v) is 2.25. The van der Waals surface area contributed by atoms with Crippen LogP contribution in [-0.2, 0) is 0 Å². The molecule has 0 bridgehead atoms. The topological polar surface area (TPSA) is 19.5 Å². The molecule has 2 aromatic rings. The highest BCUT2D eigenvalue weighted by Gasteiger charge is 2.52. The summed E-state index contributed by atoms with van der Waals surface area (Å²) in [6, 6.07) is 13.5. The number of hydrazone groups is 1. The molecule has 96 valence electrons. The first-order valence-corrected chi connectivity index (χ1v) is 6.03. The molecule has 3 rings (SSSR count). The van der Waals surface area contributed by atoms with Crippen LogP contribution in [-0.4, -0.2) is 12.7 Å². The Morgan fingerprint density at radius 2 is 1.74 bits per heavy atom. The minimum absolute atomic E-state index is 0.383. The fourth-order valence-electron chi connectivity index (χ4n) is 2.25. The van der Waals surface area contributed by atoms with Crippen molar-refractivity contribution in [3.8, 4) is 0 Å². The van der Waals surface area contributed by atoms with Gasteiger partial charge in [0.2, 0.25) is 0 Å². The maximum absolute atomic E-state index is 14.6. The van der Waals surface area contributed by atoms with Gasteiger partial charge in [-0.25, -0.2) is 5.10 Å². The Hall–Kier alpha value is -2.24. The molecular formula is C13H12BF2N3. The van der Waals surface area contributed by atoms with E-state index in [0.29, 0.717) is 17.1 Å². The van der Waals surface area contributed by atoms with E-state index in [1.807, 2.05) is 0 Å². The van der Waals surface area contributed by atoms with Crippen molar-refractivity contribution in [1.82, 2.24) is 0 Å². The summed E-state index contributed by atoms with van der Waals surface area (Å²) in [6.07, 6.45) is 1.39. The number of fused-ring (bicyclic) bond motifs is 1. The van der Waals surface area contributed by atoms with Gasteiger partial charge in [-0.2, -0.15) is 0 Å². The van der Waals surface area contributed by atoms with Gasteiger partial charge in [0, 0.05) is 11.8 Å². The molecule has 19 heavy (non-hydrogen) atoms. The molecule has 2 heterocycles. The van der Waals surface area contributed by atoms with Crippen molar-refractivity contribution < 1.29 is 13.1 Å². The lowest BCUT2D eigenvalue weighted by Crippen LogP contribution is -2.72. The zero-order valence-electron chi connectivity index (χ0n) is 10.4. The quantitative estimate of drug-likeness (QED) is 0.720. The van der Waals surface area contributed by atoms with Crippen molar-refractivity contribution in [2.75, 3.05) is 4.92 Å². The molecule has 0 spiro atoms. The van der Waals surface area contributed by atoms with Gasteiger partial charge in [-0.3, -0.25) is 0 Å². The Balaban J connectivity index is 2.18. The number of pyridine rings is 1. The van der Waals surface area contributed by atoms with E-state index in [9.17, 15) is 8.63 Å². The largest absolute Gasteiger partial charge is 0.753 e. The first-order chi connectivity index (χ1) is 9.10. The highest BCUT2D eigenvalue weighted by molar-refractivity contribution is 6.62. The van der Waals surface area contributed by atoms with E-state index in [1.165, 1.54) is 6.20 Å². The molecule has 0 atom stereocenters. The number of halogens is 2. The second kappa shape index (κ2) is 4.15. The van der Waals surface area contributed by atoms with E-state index in [1.54, 1.807) is 55.5 Å². The Morgan fingerprint density at radius 3 is 2.47 bits per heavy atom. The third kappa shape index (κ3) is 1.80. The van der Waals surface area contributed by atoms with Crippen LogP contribution in [0.15, 0.2) is 59.8 Å². The van der Waals surface area contributed by atoms with E-state index in [2.05, 4.69) is 5.10 Å². The molecule has 1 aliphatic rings. The van der Waals surface area contributed by atoms with Crippen molar-refractivity contribution in [3.05, 3.63) is 60.4 Å². The zero-order valence-corrected chi connectivity index (χ0v) is 10.4. The summed E-state index contributed by atoms with van der Waals surface area (Å²) < 4.78 is 30.1. The molecule has 3 nitrogen and oxygen atoms in total. The molecule has 1 aromatic carbocycles. The van der Waals surface area contributed by atoms with Crippen molar-refractivity contribution in [2.45, 2.75) is 6.92 Å². The molecule has 0 amide bonds. The number of para-hydroxylation sites is 1. The molecule has 0 unspecified atom stereocenters. The first kappa shape index (κ1) is 11.8. The molecule has 0 fully saturated rings. The lowest BCUT2D eigenvalue weighted by molar-refractivity contribution is -0.569. The molecular weight excluding hydrogens is 247 g/mol. The molecule has 6 heteroatoms. The van der Waals surface area contributed by atoms with Gasteiger partial charge in [-0.05, 0) is 25.1 Å². The van der Waals surface area contributed by atoms with Gasteiger partial charge >= 0.3 is 6.97 Å². The van der Waals surface area contributed by atoms with Crippen LogP contribution in [0, 0.1) is 0 Å². The molecule has 1 aliphatic heterocycles. The van der Waals surface area contributed by atoms with Gasteiger partial charge in [-0.15, -0.1) is 0 Å². The monoisotopic (exact) mass is 259 g/mol. The van der Waals surface area contributed by atoms with E-state index >= 15 is 0 Å². The summed E-state index contributed by atoms with van der Waals surface area (Å²) in [4.78, 5) is 0.808. The average molecular weight is 259 g/mol. The Labute approximate surface area is 109 Å². The molecule has 0 aliphatic carbocycles. The highest BCUT2D eigenvalue weighted by Crippen LogP contribution is 2.25. The summed E-state index contributed by atoms with van der Waals surface area (Å²) in [5.41, 5.74) is 1.39. The van der Waals surface area contributed by atoms with Crippen LogP contribution in [0.1, 0.15) is 12.6 Å². The number of hydrogen-bond donors (Lipinski definition) is 0. The van der Waals surface area contributed by atoms with Gasteiger partial charge in [0.1, 0.15) is 11.9 Å². The smallest absolute Gasteiger partial charge is 0.388 e. The standard InChI is InChI=1S/C13H12BF2N3/c1-11-13-9-5-6-10-18(13)14(15,16)19(17-11)12-7-3-2-4-8-12/h2-10H,1H3. The van der Waals surface area contributed by atoms with E-state index in [-0.39, 0.29) is 0 Å². The number of rotatable bonds is 1. The fraction of sp³-hybridized carbons (Fsp3) is 0.0769. The molecule has 1 aromatic heterocycles. The molecule has 0 radical (unpaired) electrons. The van der Waals surface area contributed by atoms with Crippen molar-refractivity contribution in [2.24, 2.45) is 5.10 Å². The average Bonchev–Trinajstić information content (AvgIpc) is 2.44. The maximum Gasteiger partial charge on any atom is 0.753 e. The summed E-state index contributed by atoms with van der Waals surface area (Å²) in [5.74, 6) is 0. The third-order valence-electron chi connectivity index (χ3n) is 3.17. The number of anilines is 1. The minimum Gasteiger partial charge on any atom is -0.388 e. The van der Waals surface area contributed by atoms with Crippen LogP contribution in [0.25, 0.3) is 0 Å². The summed E-state index contributed by atoms with van der Waals surface area (Å²) in [7, 11) is 0. The Kier molecular flexibility index (Phi) is 2.59. The zero-order chi connectivity index (χ0) is 13.5. The molecule has 0 saturated heterocycles. The van der Waals surface area contributed by atoms with E-state index in [4.69, 9.17) is 0 Å². The van der Waals surface area contributed by atoms with Crippen molar-refractivity contribution >= 4 is 18.4 Å². The second-order valence-electron chi connectivity index (χ2n) is 4.45.